The third-order valence-electron chi connectivity index (χ3n) is 2.23. The zero-order chi connectivity index (χ0) is 12.9. The monoisotopic (exact) mass is 238 g/mol. The van der Waals surface area contributed by atoms with Gasteiger partial charge in [-0.1, -0.05) is 0 Å². The molecule has 0 saturated carbocycles. The summed E-state index contributed by atoms with van der Waals surface area (Å²) in [5.74, 6) is 0.961. The van der Waals surface area contributed by atoms with Gasteiger partial charge in [0.25, 0.3) is 0 Å². The number of imidazole rings is 1. The second-order valence-electron chi connectivity index (χ2n) is 5.03. The van der Waals surface area contributed by atoms with E-state index in [0.717, 1.165) is 12.4 Å². The molecule has 0 aromatic carbocycles. The Bertz CT molecular complexity index is 365. The Balaban J connectivity index is 2.31. The summed E-state index contributed by atoms with van der Waals surface area (Å²) in [5, 5.41) is 5.99. The third kappa shape index (κ3) is 4.99. The highest BCUT2D eigenvalue weighted by Gasteiger charge is 2.13. The first kappa shape index (κ1) is 13.7. The number of aromatic nitrogens is 2. The molecule has 5 nitrogen and oxygen atoms in total. The van der Waals surface area contributed by atoms with Gasteiger partial charge in [-0.05, 0) is 27.7 Å². The highest BCUT2D eigenvalue weighted by molar-refractivity contribution is 5.78. The van der Waals surface area contributed by atoms with Crippen LogP contribution in [0.2, 0.25) is 0 Å². The maximum Gasteiger partial charge on any atom is 0.234 e. The van der Waals surface area contributed by atoms with Crippen LogP contribution >= 0.6 is 0 Å². The van der Waals surface area contributed by atoms with Crippen LogP contribution in [-0.2, 0) is 17.9 Å². The zero-order valence-electron chi connectivity index (χ0n) is 11.1. The molecular weight excluding hydrogens is 216 g/mol. The van der Waals surface area contributed by atoms with Crippen LogP contribution in [0.5, 0.6) is 0 Å². The molecule has 96 valence electrons. The minimum absolute atomic E-state index is 0.00658. The topological polar surface area (TPSA) is 59.0 Å². The van der Waals surface area contributed by atoms with E-state index in [9.17, 15) is 4.79 Å². The molecule has 2 N–H and O–H groups in total. The molecule has 0 unspecified atom stereocenters. The van der Waals surface area contributed by atoms with Crippen LogP contribution in [0, 0.1) is 0 Å². The summed E-state index contributed by atoms with van der Waals surface area (Å²) < 4.78 is 2.05. The third-order valence-corrected chi connectivity index (χ3v) is 2.23. The number of nitrogens with one attached hydrogen (secondary N) is 2. The number of carbonyl (C=O) groups is 1. The van der Waals surface area contributed by atoms with Gasteiger partial charge >= 0.3 is 0 Å². The summed E-state index contributed by atoms with van der Waals surface area (Å²) in [6.45, 7) is 9.78. The molecule has 5 heteroatoms. The molecule has 0 aliphatic carbocycles. The van der Waals surface area contributed by atoms with E-state index in [-0.39, 0.29) is 11.4 Å². The summed E-state index contributed by atoms with van der Waals surface area (Å²) in [5.41, 5.74) is -0.180. The SMILES string of the molecule is CCn1ccnc1CNCC(=O)NC(C)(C)C. The van der Waals surface area contributed by atoms with Gasteiger partial charge in [-0.2, -0.15) is 0 Å². The van der Waals surface area contributed by atoms with Gasteiger partial charge in [0.1, 0.15) is 5.82 Å². The van der Waals surface area contributed by atoms with Crippen molar-refractivity contribution in [3.63, 3.8) is 0 Å². The van der Waals surface area contributed by atoms with E-state index in [1.807, 2.05) is 27.0 Å². The Morgan fingerprint density at radius 2 is 2.18 bits per heavy atom. The molecule has 17 heavy (non-hydrogen) atoms. The molecule has 0 bridgehead atoms. The molecule has 0 saturated heterocycles. The van der Waals surface area contributed by atoms with E-state index in [1.54, 1.807) is 6.20 Å². The first-order valence-corrected chi connectivity index (χ1v) is 5.94. The van der Waals surface area contributed by atoms with E-state index in [4.69, 9.17) is 0 Å². The van der Waals surface area contributed by atoms with Gasteiger partial charge in [0.2, 0.25) is 5.91 Å². The largest absolute Gasteiger partial charge is 0.350 e. The first-order chi connectivity index (χ1) is 7.92. The van der Waals surface area contributed by atoms with Crippen LogP contribution in [0.4, 0.5) is 0 Å². The molecule has 0 aliphatic rings. The minimum Gasteiger partial charge on any atom is -0.350 e. The van der Waals surface area contributed by atoms with Gasteiger partial charge in [-0.15, -0.1) is 0 Å². The molecule has 0 radical (unpaired) electrons. The average Bonchev–Trinajstić information content (AvgIpc) is 2.62. The zero-order valence-corrected chi connectivity index (χ0v) is 11.1. The second kappa shape index (κ2) is 5.82. The van der Waals surface area contributed by atoms with Crippen molar-refractivity contribution in [1.29, 1.82) is 0 Å². The number of hydrogen-bond donors (Lipinski definition) is 2. The van der Waals surface area contributed by atoms with E-state index >= 15 is 0 Å². The lowest BCUT2D eigenvalue weighted by Gasteiger charge is -2.20. The molecule has 1 rings (SSSR count). The highest BCUT2D eigenvalue weighted by atomic mass is 16.2. The molecule has 1 aromatic rings. The molecule has 1 heterocycles. The summed E-state index contributed by atoms with van der Waals surface area (Å²) in [7, 11) is 0. The van der Waals surface area contributed by atoms with Crippen molar-refractivity contribution < 1.29 is 4.79 Å². The number of hydrogen-bond acceptors (Lipinski definition) is 3. The predicted molar refractivity (Wildman–Crippen MR) is 67.5 cm³/mol. The Morgan fingerprint density at radius 3 is 2.76 bits per heavy atom. The number of carbonyl (C=O) groups excluding carboxylic acids is 1. The standard InChI is InChI=1S/C12H22N4O/c1-5-16-7-6-14-10(16)8-13-9-11(17)15-12(2,3)4/h6-7,13H,5,8-9H2,1-4H3,(H,15,17). The number of aryl methyl sites for hydroxylation is 1. The summed E-state index contributed by atoms with van der Waals surface area (Å²) >= 11 is 0. The van der Waals surface area contributed by atoms with Crippen LogP contribution in [0.15, 0.2) is 12.4 Å². The van der Waals surface area contributed by atoms with Crippen molar-refractivity contribution in [3.05, 3.63) is 18.2 Å². The van der Waals surface area contributed by atoms with Crippen molar-refractivity contribution in [2.24, 2.45) is 0 Å². The van der Waals surface area contributed by atoms with E-state index in [0.29, 0.717) is 13.1 Å². The van der Waals surface area contributed by atoms with Crippen LogP contribution in [0.1, 0.15) is 33.5 Å². The van der Waals surface area contributed by atoms with Crippen molar-refractivity contribution in [2.75, 3.05) is 6.54 Å². The number of nitrogens with zero attached hydrogens (tertiary/aromatic N) is 2. The summed E-state index contributed by atoms with van der Waals surface area (Å²) in [6, 6.07) is 0. The van der Waals surface area contributed by atoms with E-state index in [1.165, 1.54) is 0 Å². The minimum atomic E-state index is -0.180. The first-order valence-electron chi connectivity index (χ1n) is 5.94. The number of amides is 1. The molecule has 1 amide bonds. The smallest absolute Gasteiger partial charge is 0.234 e. The van der Waals surface area contributed by atoms with Crippen molar-refractivity contribution in [1.82, 2.24) is 20.2 Å². The van der Waals surface area contributed by atoms with Gasteiger partial charge in [0.15, 0.2) is 0 Å². The molecule has 0 atom stereocenters. The molecular formula is C12H22N4O. The van der Waals surface area contributed by atoms with E-state index < -0.39 is 0 Å². The molecule has 1 aromatic heterocycles. The van der Waals surface area contributed by atoms with Gasteiger partial charge in [0, 0.05) is 24.5 Å². The van der Waals surface area contributed by atoms with Crippen molar-refractivity contribution >= 4 is 5.91 Å². The second-order valence-corrected chi connectivity index (χ2v) is 5.03. The predicted octanol–water partition coefficient (Wildman–Crippen LogP) is 0.907. The lowest BCUT2D eigenvalue weighted by molar-refractivity contribution is -0.121. The van der Waals surface area contributed by atoms with Gasteiger partial charge in [-0.25, -0.2) is 4.98 Å². The van der Waals surface area contributed by atoms with Gasteiger partial charge < -0.3 is 15.2 Å². The van der Waals surface area contributed by atoms with Crippen molar-refractivity contribution in [2.45, 2.75) is 46.3 Å². The van der Waals surface area contributed by atoms with Crippen molar-refractivity contribution in [3.8, 4) is 0 Å². The fourth-order valence-corrected chi connectivity index (χ4v) is 1.55. The molecule has 0 fully saturated rings. The van der Waals surface area contributed by atoms with Gasteiger partial charge in [0.05, 0.1) is 13.1 Å². The van der Waals surface area contributed by atoms with Gasteiger partial charge in [-0.3, -0.25) is 4.79 Å². The van der Waals surface area contributed by atoms with Crippen LogP contribution in [0.3, 0.4) is 0 Å². The quantitative estimate of drug-likeness (QED) is 0.801. The number of rotatable bonds is 5. The lowest BCUT2D eigenvalue weighted by atomic mass is 10.1. The highest BCUT2D eigenvalue weighted by Crippen LogP contribution is 1.98. The van der Waals surface area contributed by atoms with Crippen LogP contribution < -0.4 is 10.6 Å². The Hall–Kier alpha value is -1.36. The molecule has 0 spiro atoms. The Kier molecular flexibility index (Phi) is 4.69. The summed E-state index contributed by atoms with van der Waals surface area (Å²) in [6.07, 6.45) is 3.71. The van der Waals surface area contributed by atoms with E-state index in [2.05, 4.69) is 27.1 Å². The Labute approximate surface area is 103 Å². The fraction of sp³-hybridized carbons (Fsp3) is 0.667. The lowest BCUT2D eigenvalue weighted by Crippen LogP contribution is -2.44. The van der Waals surface area contributed by atoms with Crippen LogP contribution in [-0.4, -0.2) is 27.5 Å². The average molecular weight is 238 g/mol. The maximum absolute atomic E-state index is 11.5. The molecule has 0 aliphatic heterocycles. The Morgan fingerprint density at radius 1 is 1.47 bits per heavy atom. The maximum atomic E-state index is 11.5. The normalized spacial score (nSPS) is 11.5. The summed E-state index contributed by atoms with van der Waals surface area (Å²) in [4.78, 5) is 15.8. The fourth-order valence-electron chi connectivity index (χ4n) is 1.55. The van der Waals surface area contributed by atoms with Crippen LogP contribution in [0.25, 0.3) is 0 Å².